The molecule has 1 heterocycles. The molecule has 1 aromatic carbocycles. The topological polar surface area (TPSA) is 29.5 Å². The van der Waals surface area contributed by atoms with Crippen molar-refractivity contribution >= 4 is 5.91 Å². The van der Waals surface area contributed by atoms with Crippen molar-refractivity contribution in [2.75, 3.05) is 13.2 Å². The molecule has 24 heavy (non-hydrogen) atoms. The highest BCUT2D eigenvalue weighted by Crippen LogP contribution is 2.30. The van der Waals surface area contributed by atoms with Crippen LogP contribution in [0, 0.1) is 5.41 Å². The van der Waals surface area contributed by atoms with E-state index in [4.69, 9.17) is 4.74 Å². The Morgan fingerprint density at radius 2 is 1.96 bits per heavy atom. The van der Waals surface area contributed by atoms with Crippen molar-refractivity contribution < 1.29 is 9.53 Å². The summed E-state index contributed by atoms with van der Waals surface area (Å²) in [4.78, 5) is 14.3. The summed E-state index contributed by atoms with van der Waals surface area (Å²) in [7, 11) is 0. The van der Waals surface area contributed by atoms with Crippen LogP contribution in [0.15, 0.2) is 30.3 Å². The van der Waals surface area contributed by atoms with Gasteiger partial charge in [-0.15, -0.1) is 0 Å². The van der Waals surface area contributed by atoms with E-state index < -0.39 is 0 Å². The fraction of sp³-hybridized carbons (Fsp3) is 0.667. The van der Waals surface area contributed by atoms with Crippen LogP contribution in [0.4, 0.5) is 0 Å². The molecule has 1 unspecified atom stereocenters. The lowest BCUT2D eigenvalue weighted by Crippen LogP contribution is -2.48. The van der Waals surface area contributed by atoms with Crippen LogP contribution in [-0.2, 0) is 16.0 Å². The van der Waals surface area contributed by atoms with Crippen molar-refractivity contribution in [2.45, 2.75) is 71.9 Å². The number of benzene rings is 1. The first-order valence-corrected chi connectivity index (χ1v) is 9.14. The zero-order valence-electron chi connectivity index (χ0n) is 16.0. The maximum atomic E-state index is 12.2. The van der Waals surface area contributed by atoms with Gasteiger partial charge >= 0.3 is 0 Å². The largest absolute Gasteiger partial charge is 0.375 e. The van der Waals surface area contributed by atoms with Crippen LogP contribution in [0.25, 0.3) is 0 Å². The van der Waals surface area contributed by atoms with Crippen molar-refractivity contribution in [1.82, 2.24) is 4.90 Å². The van der Waals surface area contributed by atoms with E-state index in [1.165, 1.54) is 5.56 Å². The Hall–Kier alpha value is -1.35. The van der Waals surface area contributed by atoms with Gasteiger partial charge in [0.2, 0.25) is 5.91 Å². The quantitative estimate of drug-likeness (QED) is 0.770. The number of carbonyl (C=O) groups excluding carboxylic acids is 1. The maximum absolute atomic E-state index is 12.2. The summed E-state index contributed by atoms with van der Waals surface area (Å²) < 4.78 is 5.81. The molecule has 0 radical (unpaired) electrons. The molecule has 1 saturated heterocycles. The molecular weight excluding hydrogens is 298 g/mol. The third-order valence-electron chi connectivity index (χ3n) is 5.07. The SMILES string of the molecule is CC(=O)N(CCC(C)(C)Cc1ccccc1)C1CCOC(C)(C)C1. The Labute approximate surface area is 147 Å². The van der Waals surface area contributed by atoms with Crippen molar-refractivity contribution in [3.8, 4) is 0 Å². The standard InChI is InChI=1S/C21H33NO2/c1-17(23)22(19-11-14-24-21(4,5)16-19)13-12-20(2,3)15-18-9-7-6-8-10-18/h6-10,19H,11-16H2,1-5H3. The lowest BCUT2D eigenvalue weighted by atomic mass is 9.82. The van der Waals surface area contributed by atoms with Crippen LogP contribution in [0.1, 0.15) is 59.4 Å². The van der Waals surface area contributed by atoms with Crippen LogP contribution in [0.5, 0.6) is 0 Å². The van der Waals surface area contributed by atoms with Crippen LogP contribution in [0.3, 0.4) is 0 Å². The molecule has 1 fully saturated rings. The molecule has 0 N–H and O–H groups in total. The van der Waals surface area contributed by atoms with Crippen LogP contribution in [0.2, 0.25) is 0 Å². The highest BCUT2D eigenvalue weighted by atomic mass is 16.5. The van der Waals surface area contributed by atoms with E-state index in [2.05, 4.69) is 62.9 Å². The van der Waals surface area contributed by atoms with Crippen molar-refractivity contribution in [3.05, 3.63) is 35.9 Å². The smallest absolute Gasteiger partial charge is 0.219 e. The van der Waals surface area contributed by atoms with Gasteiger partial charge in [-0.3, -0.25) is 4.79 Å². The van der Waals surface area contributed by atoms with Gasteiger partial charge in [0.05, 0.1) is 5.60 Å². The molecule has 1 aliphatic rings. The third-order valence-corrected chi connectivity index (χ3v) is 5.07. The number of ether oxygens (including phenoxy) is 1. The van der Waals surface area contributed by atoms with Crippen LogP contribution < -0.4 is 0 Å². The molecule has 0 aromatic heterocycles. The summed E-state index contributed by atoms with van der Waals surface area (Å²) in [5, 5.41) is 0. The Balaban J connectivity index is 1.96. The van der Waals surface area contributed by atoms with E-state index in [0.717, 1.165) is 38.8 Å². The van der Waals surface area contributed by atoms with Gasteiger partial charge in [0.1, 0.15) is 0 Å². The number of rotatable bonds is 6. The zero-order valence-corrected chi connectivity index (χ0v) is 16.0. The minimum atomic E-state index is -0.129. The van der Waals surface area contributed by atoms with Crippen molar-refractivity contribution in [2.24, 2.45) is 5.41 Å². The van der Waals surface area contributed by atoms with Crippen molar-refractivity contribution in [3.63, 3.8) is 0 Å². The van der Waals surface area contributed by atoms with E-state index in [9.17, 15) is 4.79 Å². The zero-order chi connectivity index (χ0) is 17.8. The predicted molar refractivity (Wildman–Crippen MR) is 99.0 cm³/mol. The molecule has 1 amide bonds. The highest BCUT2D eigenvalue weighted by Gasteiger charge is 2.34. The average molecular weight is 332 g/mol. The van der Waals surface area contributed by atoms with Crippen molar-refractivity contribution in [1.29, 1.82) is 0 Å². The summed E-state index contributed by atoms with van der Waals surface area (Å²) in [6, 6.07) is 10.9. The van der Waals surface area contributed by atoms with Gasteiger partial charge in [-0.1, -0.05) is 44.2 Å². The molecule has 3 nitrogen and oxygen atoms in total. The lowest BCUT2D eigenvalue weighted by Gasteiger charge is -2.42. The third kappa shape index (κ3) is 5.62. The summed E-state index contributed by atoms with van der Waals surface area (Å²) in [5.41, 5.74) is 1.41. The maximum Gasteiger partial charge on any atom is 0.219 e. The number of nitrogens with zero attached hydrogens (tertiary/aromatic N) is 1. The van der Waals surface area contributed by atoms with Gasteiger partial charge in [0, 0.05) is 26.1 Å². The van der Waals surface area contributed by atoms with E-state index in [1.807, 2.05) is 0 Å². The molecular formula is C21H33NO2. The molecule has 0 aliphatic carbocycles. The molecule has 1 aliphatic heterocycles. The summed E-state index contributed by atoms with van der Waals surface area (Å²) in [5.74, 6) is 0.188. The van der Waals surface area contributed by atoms with E-state index in [1.54, 1.807) is 6.92 Å². The molecule has 0 bridgehead atoms. The molecule has 1 atom stereocenters. The average Bonchev–Trinajstić information content (AvgIpc) is 2.46. The molecule has 2 rings (SSSR count). The minimum absolute atomic E-state index is 0.129. The first-order valence-electron chi connectivity index (χ1n) is 9.14. The fourth-order valence-corrected chi connectivity index (χ4v) is 3.72. The number of carbonyl (C=O) groups is 1. The number of hydrogen-bond donors (Lipinski definition) is 0. The van der Waals surface area contributed by atoms with Gasteiger partial charge in [-0.25, -0.2) is 0 Å². The fourth-order valence-electron chi connectivity index (χ4n) is 3.72. The summed E-state index contributed by atoms with van der Waals surface area (Å²) in [6.07, 6.45) is 3.92. The summed E-state index contributed by atoms with van der Waals surface area (Å²) >= 11 is 0. The number of hydrogen-bond acceptors (Lipinski definition) is 2. The normalized spacial score (nSPS) is 20.6. The summed E-state index contributed by atoms with van der Waals surface area (Å²) in [6.45, 7) is 12.1. The van der Waals surface area contributed by atoms with Gasteiger partial charge in [0.25, 0.3) is 0 Å². The van der Waals surface area contributed by atoms with E-state index in [0.29, 0.717) is 6.04 Å². The monoisotopic (exact) mass is 331 g/mol. The molecule has 0 spiro atoms. The number of amides is 1. The van der Waals surface area contributed by atoms with E-state index >= 15 is 0 Å². The van der Waals surface area contributed by atoms with Crippen LogP contribution in [-0.4, -0.2) is 35.6 Å². The van der Waals surface area contributed by atoms with E-state index in [-0.39, 0.29) is 16.9 Å². The minimum Gasteiger partial charge on any atom is -0.375 e. The molecule has 1 aromatic rings. The van der Waals surface area contributed by atoms with Crippen LogP contribution >= 0.6 is 0 Å². The van der Waals surface area contributed by atoms with Gasteiger partial charge in [-0.2, -0.15) is 0 Å². The molecule has 0 saturated carbocycles. The van der Waals surface area contributed by atoms with Gasteiger partial charge < -0.3 is 9.64 Å². The molecule has 3 heteroatoms. The Bertz CT molecular complexity index is 536. The Morgan fingerprint density at radius 1 is 1.29 bits per heavy atom. The second-order valence-electron chi connectivity index (χ2n) is 8.54. The Morgan fingerprint density at radius 3 is 2.54 bits per heavy atom. The van der Waals surface area contributed by atoms with Gasteiger partial charge in [0.15, 0.2) is 0 Å². The first kappa shape index (κ1) is 19.0. The molecule has 134 valence electrons. The lowest BCUT2D eigenvalue weighted by molar-refractivity contribution is -0.138. The predicted octanol–water partition coefficient (Wildman–Crippen LogP) is 4.45. The van der Waals surface area contributed by atoms with Gasteiger partial charge in [-0.05, 0) is 50.5 Å². The first-order chi connectivity index (χ1) is 11.2. The Kier molecular flexibility index (Phi) is 6.08. The second-order valence-corrected chi connectivity index (χ2v) is 8.54. The second kappa shape index (κ2) is 7.69. The highest BCUT2D eigenvalue weighted by molar-refractivity contribution is 5.73.